The molecule has 120 valence electrons. The molecule has 3 saturated heterocycles. The van der Waals surface area contributed by atoms with E-state index in [2.05, 4.69) is 4.90 Å². The van der Waals surface area contributed by atoms with Gasteiger partial charge in [-0.2, -0.15) is 0 Å². The van der Waals surface area contributed by atoms with Crippen molar-refractivity contribution in [1.82, 2.24) is 9.96 Å². The van der Waals surface area contributed by atoms with E-state index in [4.69, 9.17) is 14.3 Å². The van der Waals surface area contributed by atoms with Gasteiger partial charge in [0.15, 0.2) is 0 Å². The molecule has 0 N–H and O–H groups in total. The molecular weight excluding hydrogens is 272 g/mol. The second kappa shape index (κ2) is 7.05. The van der Waals surface area contributed by atoms with Crippen molar-refractivity contribution in [2.45, 2.75) is 13.3 Å². The Balaban J connectivity index is 1.57. The van der Waals surface area contributed by atoms with Crippen molar-refractivity contribution in [2.75, 3.05) is 59.2 Å². The van der Waals surface area contributed by atoms with Crippen molar-refractivity contribution in [3.8, 4) is 0 Å². The Morgan fingerprint density at radius 1 is 1.33 bits per heavy atom. The lowest BCUT2D eigenvalue weighted by Crippen LogP contribution is -2.45. The lowest BCUT2D eigenvalue weighted by Gasteiger charge is -2.33. The number of carbonyl (C=O) groups is 1. The molecule has 0 saturated carbocycles. The summed E-state index contributed by atoms with van der Waals surface area (Å²) >= 11 is 0. The maximum atomic E-state index is 12.6. The number of fused-ring (bicyclic) bond motifs is 1. The van der Waals surface area contributed by atoms with Crippen LogP contribution >= 0.6 is 0 Å². The number of likely N-dealkylation sites (tertiary alicyclic amines) is 1. The number of amides is 1. The van der Waals surface area contributed by atoms with Gasteiger partial charge in [-0.3, -0.25) is 9.63 Å². The molecule has 0 aromatic heterocycles. The first kappa shape index (κ1) is 15.2. The summed E-state index contributed by atoms with van der Waals surface area (Å²) in [5.74, 6) is 0.946. The monoisotopic (exact) mass is 298 g/mol. The highest BCUT2D eigenvalue weighted by Gasteiger charge is 2.45. The summed E-state index contributed by atoms with van der Waals surface area (Å²) in [5.41, 5.74) is 0. The molecule has 1 amide bonds. The van der Waals surface area contributed by atoms with Gasteiger partial charge in [-0.05, 0) is 25.2 Å². The summed E-state index contributed by atoms with van der Waals surface area (Å²) in [6.07, 6.45) is 0.938. The van der Waals surface area contributed by atoms with Crippen molar-refractivity contribution >= 4 is 5.91 Å². The predicted molar refractivity (Wildman–Crippen MR) is 76.5 cm³/mol. The molecule has 0 aromatic rings. The largest absolute Gasteiger partial charge is 0.380 e. The van der Waals surface area contributed by atoms with E-state index in [-0.39, 0.29) is 11.8 Å². The molecule has 3 aliphatic rings. The maximum absolute atomic E-state index is 12.6. The van der Waals surface area contributed by atoms with Crippen LogP contribution in [0.25, 0.3) is 0 Å². The van der Waals surface area contributed by atoms with Crippen molar-refractivity contribution in [3.63, 3.8) is 0 Å². The summed E-state index contributed by atoms with van der Waals surface area (Å²) in [6, 6.07) is 0. The summed E-state index contributed by atoms with van der Waals surface area (Å²) in [4.78, 5) is 20.4. The number of nitrogens with zero attached hydrogens (tertiary/aromatic N) is 2. The van der Waals surface area contributed by atoms with Crippen LogP contribution in [0.1, 0.15) is 13.3 Å². The molecule has 21 heavy (non-hydrogen) atoms. The van der Waals surface area contributed by atoms with Gasteiger partial charge in [0.25, 0.3) is 5.91 Å². The van der Waals surface area contributed by atoms with E-state index in [1.807, 2.05) is 6.92 Å². The molecule has 6 nitrogen and oxygen atoms in total. The van der Waals surface area contributed by atoms with E-state index in [1.165, 1.54) is 0 Å². The molecule has 0 aliphatic carbocycles. The lowest BCUT2D eigenvalue weighted by atomic mass is 9.82. The van der Waals surface area contributed by atoms with Crippen molar-refractivity contribution in [3.05, 3.63) is 0 Å². The van der Waals surface area contributed by atoms with Crippen LogP contribution < -0.4 is 0 Å². The van der Waals surface area contributed by atoms with Crippen LogP contribution in [0.15, 0.2) is 0 Å². The minimum Gasteiger partial charge on any atom is -0.380 e. The Labute approximate surface area is 126 Å². The average Bonchev–Trinajstić information content (AvgIpc) is 3.15. The smallest absolute Gasteiger partial charge is 0.251 e. The first-order valence-electron chi connectivity index (χ1n) is 8.11. The molecule has 3 rings (SSSR count). The molecule has 3 heterocycles. The van der Waals surface area contributed by atoms with Crippen molar-refractivity contribution in [1.29, 1.82) is 0 Å². The van der Waals surface area contributed by atoms with Gasteiger partial charge in [0.05, 0.1) is 38.9 Å². The molecule has 0 aromatic carbocycles. The summed E-state index contributed by atoms with van der Waals surface area (Å²) in [5, 5.41) is 1.55. The highest BCUT2D eigenvalue weighted by atomic mass is 16.7. The van der Waals surface area contributed by atoms with E-state index in [0.29, 0.717) is 25.0 Å². The molecule has 0 bridgehead atoms. The number of hydroxylamine groups is 2. The number of ether oxygens (including phenoxy) is 2. The second-order valence-electron chi connectivity index (χ2n) is 6.15. The van der Waals surface area contributed by atoms with Crippen molar-refractivity contribution in [2.24, 2.45) is 17.8 Å². The quantitative estimate of drug-likeness (QED) is 0.687. The summed E-state index contributed by atoms with van der Waals surface area (Å²) in [7, 11) is 0. The van der Waals surface area contributed by atoms with Gasteiger partial charge >= 0.3 is 0 Å². The number of hydrogen-bond acceptors (Lipinski definition) is 5. The van der Waals surface area contributed by atoms with Gasteiger partial charge in [-0.25, -0.2) is 5.06 Å². The third kappa shape index (κ3) is 3.39. The predicted octanol–water partition coefficient (Wildman–Crippen LogP) is 0.381. The van der Waals surface area contributed by atoms with Crippen LogP contribution in [0.5, 0.6) is 0 Å². The highest BCUT2D eigenvalue weighted by Crippen LogP contribution is 2.35. The van der Waals surface area contributed by atoms with Gasteiger partial charge in [-0.1, -0.05) is 0 Å². The normalized spacial score (nSPS) is 33.4. The van der Waals surface area contributed by atoms with Gasteiger partial charge in [-0.15, -0.1) is 0 Å². The van der Waals surface area contributed by atoms with Gasteiger partial charge in [0, 0.05) is 26.2 Å². The molecule has 3 atom stereocenters. The Morgan fingerprint density at radius 3 is 3.00 bits per heavy atom. The van der Waals surface area contributed by atoms with E-state index >= 15 is 0 Å². The fourth-order valence-electron chi connectivity index (χ4n) is 3.67. The molecule has 0 spiro atoms. The van der Waals surface area contributed by atoms with Gasteiger partial charge in [0.2, 0.25) is 0 Å². The Kier molecular flexibility index (Phi) is 5.11. The first-order valence-corrected chi connectivity index (χ1v) is 8.11. The van der Waals surface area contributed by atoms with E-state index in [9.17, 15) is 4.79 Å². The molecule has 3 fully saturated rings. The number of carbonyl (C=O) groups excluding carboxylic acids is 1. The molecule has 0 unspecified atom stereocenters. The van der Waals surface area contributed by atoms with E-state index in [0.717, 1.165) is 52.4 Å². The van der Waals surface area contributed by atoms with Crippen LogP contribution in [0.2, 0.25) is 0 Å². The topological polar surface area (TPSA) is 51.2 Å². The zero-order valence-corrected chi connectivity index (χ0v) is 12.8. The van der Waals surface area contributed by atoms with Crippen LogP contribution in [-0.2, 0) is 19.1 Å². The Hall–Kier alpha value is -0.690. The highest BCUT2D eigenvalue weighted by molar-refractivity contribution is 5.78. The summed E-state index contributed by atoms with van der Waals surface area (Å²) < 4.78 is 11.1. The number of hydrogen-bond donors (Lipinski definition) is 0. The third-order valence-electron chi connectivity index (χ3n) is 4.79. The van der Waals surface area contributed by atoms with Crippen LogP contribution in [0, 0.1) is 17.8 Å². The zero-order chi connectivity index (χ0) is 14.7. The van der Waals surface area contributed by atoms with Crippen molar-refractivity contribution < 1.29 is 19.1 Å². The maximum Gasteiger partial charge on any atom is 0.251 e. The Morgan fingerprint density at radius 2 is 2.24 bits per heavy atom. The molecule has 3 aliphatic heterocycles. The van der Waals surface area contributed by atoms with E-state index in [1.54, 1.807) is 5.06 Å². The van der Waals surface area contributed by atoms with Gasteiger partial charge < -0.3 is 14.4 Å². The minimum atomic E-state index is -0.0426. The van der Waals surface area contributed by atoms with Crippen LogP contribution in [0.4, 0.5) is 0 Å². The Bertz CT molecular complexity index is 360. The molecular formula is C15H26N2O4. The second-order valence-corrected chi connectivity index (χ2v) is 6.15. The third-order valence-corrected chi connectivity index (χ3v) is 4.79. The first-order chi connectivity index (χ1) is 10.3. The molecule has 6 heteroatoms. The standard InChI is InChI=1S/C15H26N2O4/c1-2-19-7-5-16-8-12-10-20-11-14(13(12)9-16)15(18)17-4-3-6-21-17/h12-14H,2-11H2,1H3/t12-,13-,14-/m0/s1. The SMILES string of the molecule is CCOCCN1C[C@H]2COC[C@H](C(=O)N3CCCO3)[C@H]2C1. The number of rotatable bonds is 5. The fourth-order valence-corrected chi connectivity index (χ4v) is 3.67. The van der Waals surface area contributed by atoms with Crippen LogP contribution in [-0.4, -0.2) is 75.1 Å². The zero-order valence-electron chi connectivity index (χ0n) is 12.8. The van der Waals surface area contributed by atoms with Gasteiger partial charge in [0.1, 0.15) is 0 Å². The molecule has 0 radical (unpaired) electrons. The average molecular weight is 298 g/mol. The minimum absolute atomic E-state index is 0.0426. The van der Waals surface area contributed by atoms with Crippen LogP contribution in [0.3, 0.4) is 0 Å². The fraction of sp³-hybridized carbons (Fsp3) is 0.933. The summed E-state index contributed by atoms with van der Waals surface area (Å²) in [6.45, 7) is 9.19. The van der Waals surface area contributed by atoms with E-state index < -0.39 is 0 Å². The lowest BCUT2D eigenvalue weighted by molar-refractivity contribution is -0.181.